The molecule has 5 nitrogen and oxygen atoms in total. The predicted molar refractivity (Wildman–Crippen MR) is 47.6 cm³/mol. The number of carbonyl (C=O) groups is 1. The molecule has 5 heteroatoms. The number of nitrogens with zero attached hydrogens (tertiary/aromatic N) is 3. The molecule has 0 aliphatic rings. The van der Waals surface area contributed by atoms with Crippen molar-refractivity contribution >= 4 is 5.97 Å². The second-order valence-electron chi connectivity index (χ2n) is 3.21. The van der Waals surface area contributed by atoms with E-state index in [1.54, 1.807) is 13.2 Å². The third-order valence-corrected chi connectivity index (χ3v) is 1.60. The second-order valence-corrected chi connectivity index (χ2v) is 3.21. The maximum atomic E-state index is 10.6. The second kappa shape index (κ2) is 3.57. The Morgan fingerprint density at radius 1 is 1.69 bits per heavy atom. The van der Waals surface area contributed by atoms with Crippen LogP contribution in [0.15, 0.2) is 6.20 Å². The van der Waals surface area contributed by atoms with E-state index in [9.17, 15) is 4.79 Å². The van der Waals surface area contributed by atoms with Crippen molar-refractivity contribution in [1.82, 2.24) is 14.5 Å². The molecule has 0 atom stereocenters. The first-order valence-electron chi connectivity index (χ1n) is 3.91. The van der Waals surface area contributed by atoms with Gasteiger partial charge in [-0.25, -0.2) is 9.78 Å². The summed E-state index contributed by atoms with van der Waals surface area (Å²) in [6.07, 6.45) is 1.73. The van der Waals surface area contributed by atoms with Gasteiger partial charge in [0.1, 0.15) is 0 Å². The summed E-state index contributed by atoms with van der Waals surface area (Å²) in [4.78, 5) is 16.5. The fraction of sp³-hybridized carbons (Fsp3) is 0.500. The topological polar surface area (TPSA) is 58.4 Å². The summed E-state index contributed by atoms with van der Waals surface area (Å²) >= 11 is 0. The molecule has 0 amide bonds. The van der Waals surface area contributed by atoms with E-state index >= 15 is 0 Å². The van der Waals surface area contributed by atoms with E-state index in [1.165, 1.54) is 4.57 Å². The van der Waals surface area contributed by atoms with Crippen molar-refractivity contribution in [3.05, 3.63) is 17.7 Å². The molecule has 1 aromatic heterocycles. The Kier molecular flexibility index (Phi) is 2.67. The summed E-state index contributed by atoms with van der Waals surface area (Å²) < 4.78 is 1.52. The molecule has 1 N–H and O–H groups in total. The first kappa shape index (κ1) is 9.73. The fourth-order valence-corrected chi connectivity index (χ4v) is 1.13. The van der Waals surface area contributed by atoms with Gasteiger partial charge in [-0.05, 0) is 14.1 Å². The number of carboxylic acids is 1. The molecule has 0 aromatic carbocycles. The van der Waals surface area contributed by atoms with Crippen LogP contribution in [0.5, 0.6) is 0 Å². The Morgan fingerprint density at radius 3 is 2.69 bits per heavy atom. The summed E-state index contributed by atoms with van der Waals surface area (Å²) in [6.45, 7) is 0.654. The first-order valence-corrected chi connectivity index (χ1v) is 3.91. The van der Waals surface area contributed by atoms with Crippen LogP contribution in [0.4, 0.5) is 0 Å². The van der Waals surface area contributed by atoms with Crippen LogP contribution >= 0.6 is 0 Å². The van der Waals surface area contributed by atoms with E-state index in [4.69, 9.17) is 5.11 Å². The molecule has 0 saturated carbocycles. The highest BCUT2D eigenvalue weighted by molar-refractivity contribution is 5.83. The van der Waals surface area contributed by atoms with Crippen LogP contribution in [0.2, 0.25) is 0 Å². The van der Waals surface area contributed by atoms with Gasteiger partial charge in [-0.1, -0.05) is 0 Å². The molecule has 1 aromatic rings. The van der Waals surface area contributed by atoms with E-state index in [0.717, 1.165) is 5.69 Å². The summed E-state index contributed by atoms with van der Waals surface area (Å²) in [5, 5.41) is 8.72. The quantitative estimate of drug-likeness (QED) is 0.726. The van der Waals surface area contributed by atoms with Gasteiger partial charge in [-0.15, -0.1) is 0 Å². The Labute approximate surface area is 76.6 Å². The van der Waals surface area contributed by atoms with Gasteiger partial charge in [-0.2, -0.15) is 0 Å². The van der Waals surface area contributed by atoms with Crippen LogP contribution in [-0.4, -0.2) is 39.6 Å². The molecule has 1 heterocycles. The standard InChI is InChI=1S/C8H13N3O2/c1-10(2)4-6-5-11(3)7(9-6)8(12)13/h5H,4H2,1-3H3,(H,12,13). The van der Waals surface area contributed by atoms with Crippen molar-refractivity contribution in [3.63, 3.8) is 0 Å². The maximum absolute atomic E-state index is 10.6. The normalized spacial score (nSPS) is 10.8. The van der Waals surface area contributed by atoms with Crippen LogP contribution in [0.3, 0.4) is 0 Å². The smallest absolute Gasteiger partial charge is 0.372 e. The lowest BCUT2D eigenvalue weighted by atomic mass is 10.4. The maximum Gasteiger partial charge on any atom is 0.372 e. The molecule has 0 unspecified atom stereocenters. The largest absolute Gasteiger partial charge is 0.475 e. The van der Waals surface area contributed by atoms with Crippen LogP contribution < -0.4 is 0 Å². The van der Waals surface area contributed by atoms with Gasteiger partial charge in [0.15, 0.2) is 0 Å². The minimum atomic E-state index is -0.993. The highest BCUT2D eigenvalue weighted by Crippen LogP contribution is 2.03. The van der Waals surface area contributed by atoms with Gasteiger partial charge in [0, 0.05) is 19.8 Å². The van der Waals surface area contributed by atoms with Crippen molar-refractivity contribution < 1.29 is 9.90 Å². The SMILES string of the molecule is CN(C)Cc1cn(C)c(C(=O)O)n1. The number of aromatic nitrogens is 2. The molecule has 0 saturated heterocycles. The third kappa shape index (κ3) is 2.29. The van der Waals surface area contributed by atoms with Crippen LogP contribution in [0, 0.1) is 0 Å². The lowest BCUT2D eigenvalue weighted by Crippen LogP contribution is -2.11. The summed E-state index contributed by atoms with van der Waals surface area (Å²) in [5.41, 5.74) is 0.768. The van der Waals surface area contributed by atoms with Gasteiger partial charge < -0.3 is 14.6 Å². The Morgan fingerprint density at radius 2 is 2.31 bits per heavy atom. The van der Waals surface area contributed by atoms with Gasteiger partial charge in [-0.3, -0.25) is 0 Å². The lowest BCUT2D eigenvalue weighted by Gasteiger charge is -2.04. The zero-order chi connectivity index (χ0) is 10.0. The Balaban J connectivity index is 2.89. The van der Waals surface area contributed by atoms with E-state index < -0.39 is 5.97 Å². The van der Waals surface area contributed by atoms with Crippen LogP contribution in [0.1, 0.15) is 16.3 Å². The fourth-order valence-electron chi connectivity index (χ4n) is 1.13. The molecular weight excluding hydrogens is 170 g/mol. The van der Waals surface area contributed by atoms with Crippen LogP contribution in [-0.2, 0) is 13.6 Å². The van der Waals surface area contributed by atoms with Gasteiger partial charge >= 0.3 is 5.97 Å². The number of hydrogen-bond donors (Lipinski definition) is 1. The minimum Gasteiger partial charge on any atom is -0.475 e. The zero-order valence-corrected chi connectivity index (χ0v) is 7.98. The highest BCUT2D eigenvalue weighted by Gasteiger charge is 2.11. The number of rotatable bonds is 3. The number of imidazole rings is 1. The van der Waals surface area contributed by atoms with Crippen molar-refractivity contribution in [2.75, 3.05) is 14.1 Å². The predicted octanol–water partition coefficient (Wildman–Crippen LogP) is 0.180. The minimum absolute atomic E-state index is 0.0804. The highest BCUT2D eigenvalue weighted by atomic mass is 16.4. The summed E-state index contributed by atoms with van der Waals surface area (Å²) in [5.74, 6) is -0.913. The molecule has 0 spiro atoms. The zero-order valence-electron chi connectivity index (χ0n) is 7.98. The van der Waals surface area contributed by atoms with Crippen molar-refractivity contribution in [2.45, 2.75) is 6.54 Å². The molecule has 1 rings (SSSR count). The van der Waals surface area contributed by atoms with Crippen molar-refractivity contribution in [2.24, 2.45) is 7.05 Å². The Hall–Kier alpha value is -1.36. The van der Waals surface area contributed by atoms with Gasteiger partial charge in [0.2, 0.25) is 5.82 Å². The van der Waals surface area contributed by atoms with E-state index in [0.29, 0.717) is 6.54 Å². The molecule has 0 aliphatic heterocycles. The number of hydrogen-bond acceptors (Lipinski definition) is 3. The summed E-state index contributed by atoms with van der Waals surface area (Å²) in [7, 11) is 5.50. The average Bonchev–Trinajstić information content (AvgIpc) is 2.29. The number of aromatic carboxylic acids is 1. The van der Waals surface area contributed by atoms with Crippen LogP contribution in [0.25, 0.3) is 0 Å². The van der Waals surface area contributed by atoms with Gasteiger partial charge in [0.25, 0.3) is 0 Å². The third-order valence-electron chi connectivity index (χ3n) is 1.60. The molecule has 13 heavy (non-hydrogen) atoms. The average molecular weight is 183 g/mol. The lowest BCUT2D eigenvalue weighted by molar-refractivity contribution is 0.0679. The first-order chi connectivity index (χ1) is 6.00. The van der Waals surface area contributed by atoms with Crippen molar-refractivity contribution in [1.29, 1.82) is 0 Å². The summed E-state index contributed by atoms with van der Waals surface area (Å²) in [6, 6.07) is 0. The molecule has 0 fully saturated rings. The molecule has 0 aliphatic carbocycles. The monoisotopic (exact) mass is 183 g/mol. The van der Waals surface area contributed by atoms with Crippen molar-refractivity contribution in [3.8, 4) is 0 Å². The van der Waals surface area contributed by atoms with E-state index in [1.807, 2.05) is 19.0 Å². The van der Waals surface area contributed by atoms with E-state index in [-0.39, 0.29) is 5.82 Å². The molecule has 72 valence electrons. The Bertz CT molecular complexity index is 317. The molecular formula is C8H13N3O2. The molecule has 0 bridgehead atoms. The number of carboxylic acid groups (broad SMARTS) is 1. The van der Waals surface area contributed by atoms with E-state index in [2.05, 4.69) is 4.98 Å². The number of aryl methyl sites for hydroxylation is 1. The molecule has 0 radical (unpaired) electrons. The van der Waals surface area contributed by atoms with Gasteiger partial charge in [0.05, 0.1) is 5.69 Å².